The third kappa shape index (κ3) is 5.58. The Bertz CT molecular complexity index is 1120. The zero-order valence-corrected chi connectivity index (χ0v) is 19.9. The number of rotatable bonds is 10. The van der Waals surface area contributed by atoms with Crippen LogP contribution in [0.4, 0.5) is 20.8 Å². The van der Waals surface area contributed by atoms with Crippen LogP contribution in [0.15, 0.2) is 18.3 Å². The molecule has 0 radical (unpaired) electrons. The normalized spacial score (nSPS) is 20.1. The monoisotopic (exact) mass is 493 g/mol. The van der Waals surface area contributed by atoms with Crippen molar-refractivity contribution in [3.63, 3.8) is 0 Å². The Morgan fingerprint density at radius 3 is 3.00 bits per heavy atom. The lowest BCUT2D eigenvalue weighted by molar-refractivity contribution is 0.0568. The number of nitrogens with zero attached hydrogens (tertiary/aromatic N) is 4. The van der Waals surface area contributed by atoms with Gasteiger partial charge in [0.25, 0.3) is 0 Å². The first-order valence-electron chi connectivity index (χ1n) is 11.4. The Balaban J connectivity index is 1.40. The summed E-state index contributed by atoms with van der Waals surface area (Å²) in [6.45, 7) is 2.97. The molecule has 0 aromatic carbocycles. The predicted molar refractivity (Wildman–Crippen MR) is 125 cm³/mol. The van der Waals surface area contributed by atoms with Crippen molar-refractivity contribution in [3.8, 4) is 0 Å². The van der Waals surface area contributed by atoms with Gasteiger partial charge in [0.2, 0.25) is 0 Å². The number of aromatic amines is 1. The highest BCUT2D eigenvalue weighted by Gasteiger charge is 2.40. The summed E-state index contributed by atoms with van der Waals surface area (Å²) in [6, 6.07) is 3.57. The molecule has 0 saturated heterocycles. The van der Waals surface area contributed by atoms with Crippen molar-refractivity contribution in [2.75, 3.05) is 19.0 Å². The highest BCUT2D eigenvalue weighted by atomic mass is 35.5. The van der Waals surface area contributed by atoms with Crippen LogP contribution in [0.3, 0.4) is 0 Å². The van der Waals surface area contributed by atoms with E-state index >= 15 is 4.39 Å². The molecule has 3 aromatic rings. The van der Waals surface area contributed by atoms with Gasteiger partial charge in [0, 0.05) is 31.3 Å². The van der Waals surface area contributed by atoms with E-state index in [0.29, 0.717) is 48.8 Å². The quantitative estimate of drug-likeness (QED) is 0.356. The van der Waals surface area contributed by atoms with Crippen LogP contribution in [0.5, 0.6) is 0 Å². The van der Waals surface area contributed by atoms with Gasteiger partial charge >= 0.3 is 6.09 Å². The summed E-state index contributed by atoms with van der Waals surface area (Å²) >= 11 is 6.14. The molecule has 10 nitrogen and oxygen atoms in total. The van der Waals surface area contributed by atoms with Gasteiger partial charge < -0.3 is 20.1 Å². The zero-order chi connectivity index (χ0) is 24.1. The average molecular weight is 494 g/mol. The lowest BCUT2D eigenvalue weighted by atomic mass is 10.0. The molecule has 0 bridgehead atoms. The van der Waals surface area contributed by atoms with Gasteiger partial charge in [-0.3, -0.25) is 5.10 Å². The lowest BCUT2D eigenvalue weighted by Gasteiger charge is -2.17. The molecule has 0 aliphatic heterocycles. The average Bonchev–Trinajstić information content (AvgIpc) is 3.51. The van der Waals surface area contributed by atoms with Crippen molar-refractivity contribution in [2.24, 2.45) is 0 Å². The number of H-pyrrole nitrogens is 1. The van der Waals surface area contributed by atoms with Crippen molar-refractivity contribution in [1.82, 2.24) is 30.1 Å². The number of fused-ring (bicyclic) bond motifs is 1. The van der Waals surface area contributed by atoms with Crippen LogP contribution in [0, 0.1) is 0 Å². The number of aromatic nitrogens is 5. The van der Waals surface area contributed by atoms with Gasteiger partial charge in [0.15, 0.2) is 11.6 Å². The number of ether oxygens (including phenoxy) is 2. The molecular weight excluding hydrogens is 465 g/mol. The summed E-state index contributed by atoms with van der Waals surface area (Å²) in [5.41, 5.74) is 2.05. The van der Waals surface area contributed by atoms with E-state index in [1.165, 1.54) is 0 Å². The van der Waals surface area contributed by atoms with Crippen molar-refractivity contribution in [1.29, 1.82) is 0 Å². The number of carbonyl (C=O) groups is 1. The lowest BCUT2D eigenvalue weighted by Crippen LogP contribution is -2.33. The molecule has 34 heavy (non-hydrogen) atoms. The molecule has 184 valence electrons. The first-order chi connectivity index (χ1) is 16.5. The summed E-state index contributed by atoms with van der Waals surface area (Å²) < 4.78 is 27.2. The number of amides is 1. The Kier molecular flexibility index (Phi) is 7.84. The van der Waals surface area contributed by atoms with Gasteiger partial charge in [-0.1, -0.05) is 31.4 Å². The fraction of sp³-hybridized carbons (Fsp3) is 0.545. The highest BCUT2D eigenvalue weighted by Crippen LogP contribution is 2.38. The molecule has 1 amide bonds. The van der Waals surface area contributed by atoms with Crippen LogP contribution in [-0.4, -0.2) is 56.8 Å². The summed E-state index contributed by atoms with van der Waals surface area (Å²) in [6.07, 6.45) is 2.88. The fourth-order valence-electron chi connectivity index (χ4n) is 4.15. The van der Waals surface area contributed by atoms with Crippen LogP contribution >= 0.6 is 11.6 Å². The second kappa shape index (κ2) is 11.0. The maximum absolute atomic E-state index is 15.1. The molecule has 3 aromatic heterocycles. The van der Waals surface area contributed by atoms with Crippen molar-refractivity contribution >= 4 is 34.8 Å². The van der Waals surface area contributed by atoms with Gasteiger partial charge in [-0.2, -0.15) is 10.2 Å². The molecular formula is C22H29ClFN7O3. The number of anilines is 2. The number of alkyl carbamates (subject to hydrolysis) is 1. The Labute approximate surface area is 201 Å². The van der Waals surface area contributed by atoms with Crippen molar-refractivity contribution in [3.05, 3.63) is 34.9 Å². The van der Waals surface area contributed by atoms with Gasteiger partial charge in [-0.25, -0.2) is 18.7 Å². The number of nitrogens with one attached hydrogen (secondary N) is 3. The van der Waals surface area contributed by atoms with Crippen LogP contribution in [0.25, 0.3) is 5.52 Å². The van der Waals surface area contributed by atoms with E-state index < -0.39 is 24.3 Å². The van der Waals surface area contributed by atoms with Crippen LogP contribution in [0.1, 0.15) is 56.3 Å². The molecule has 3 heterocycles. The Hall–Kier alpha value is -2.92. The van der Waals surface area contributed by atoms with Crippen LogP contribution < -0.4 is 10.6 Å². The third-order valence-corrected chi connectivity index (χ3v) is 6.00. The number of carbonyl (C=O) groups excluding carboxylic acids is 1. The summed E-state index contributed by atoms with van der Waals surface area (Å²) in [5, 5.41) is 17.6. The Morgan fingerprint density at radius 1 is 1.35 bits per heavy atom. The summed E-state index contributed by atoms with van der Waals surface area (Å²) in [4.78, 5) is 16.3. The van der Waals surface area contributed by atoms with E-state index in [0.717, 1.165) is 25.0 Å². The molecule has 4 rings (SSSR count). The number of hydrogen-bond donors (Lipinski definition) is 3. The third-order valence-electron chi connectivity index (χ3n) is 5.82. The number of alkyl halides is 1. The number of methoxy groups -OCH3 is 1. The van der Waals surface area contributed by atoms with Gasteiger partial charge in [-0.15, -0.1) is 0 Å². The standard InChI is InChI=1S/C22H29ClFN7O3/c1-3-4-5-8-25-22(32)34-17-7-6-14(20(17)24)15-10-19(29-28-15)27-21-16-9-13(12-33-2)30-31(16)11-18(23)26-21/h9-11,14,17,20H,3-8,12H2,1-2H3,(H,25,32)(H2,26,27,28,29)/t14-,17-,20+/m1/s1. The summed E-state index contributed by atoms with van der Waals surface area (Å²) in [7, 11) is 1.59. The van der Waals surface area contributed by atoms with E-state index in [1.807, 2.05) is 6.07 Å². The minimum Gasteiger partial charge on any atom is -0.443 e. The van der Waals surface area contributed by atoms with Crippen molar-refractivity contribution < 1.29 is 18.7 Å². The number of hydrogen-bond acceptors (Lipinski definition) is 7. The van der Waals surface area contributed by atoms with E-state index in [1.54, 1.807) is 23.9 Å². The molecule has 0 unspecified atom stereocenters. The molecule has 3 atom stereocenters. The maximum atomic E-state index is 15.1. The topological polar surface area (TPSA) is 118 Å². The molecule has 1 aliphatic rings. The molecule has 1 aliphatic carbocycles. The molecule has 12 heteroatoms. The summed E-state index contributed by atoms with van der Waals surface area (Å²) in [5.74, 6) is 0.479. The highest BCUT2D eigenvalue weighted by molar-refractivity contribution is 6.29. The second-order valence-corrected chi connectivity index (χ2v) is 8.74. The smallest absolute Gasteiger partial charge is 0.407 e. The van der Waals surface area contributed by atoms with Crippen LogP contribution in [-0.2, 0) is 16.1 Å². The van der Waals surface area contributed by atoms with Crippen LogP contribution in [0.2, 0.25) is 5.15 Å². The molecule has 1 saturated carbocycles. The van der Waals surface area contributed by atoms with Crippen molar-refractivity contribution in [2.45, 2.75) is 63.8 Å². The van der Waals surface area contributed by atoms with E-state index in [9.17, 15) is 4.79 Å². The second-order valence-electron chi connectivity index (χ2n) is 8.35. The molecule has 0 spiro atoms. The van der Waals surface area contributed by atoms with E-state index in [4.69, 9.17) is 21.1 Å². The van der Waals surface area contributed by atoms with Gasteiger partial charge in [-0.05, 0) is 25.3 Å². The largest absolute Gasteiger partial charge is 0.443 e. The molecule has 1 fully saturated rings. The SMILES string of the molecule is CCCCCNC(=O)O[C@@H]1CC[C@H](c2cc(Nc3nc(Cl)cn4nc(COC)cc34)n[nH]2)[C@@H]1F. The first-order valence-corrected chi connectivity index (χ1v) is 11.8. The fourth-order valence-corrected chi connectivity index (χ4v) is 4.33. The minimum atomic E-state index is -1.32. The minimum absolute atomic E-state index is 0.255. The first kappa shape index (κ1) is 24.2. The van der Waals surface area contributed by atoms with E-state index in [-0.39, 0.29) is 5.15 Å². The van der Waals surface area contributed by atoms with Gasteiger partial charge in [0.1, 0.15) is 22.9 Å². The Morgan fingerprint density at radius 2 is 2.21 bits per heavy atom. The number of halogens is 2. The zero-order valence-electron chi connectivity index (χ0n) is 19.2. The number of unbranched alkanes of at least 4 members (excludes halogenated alkanes) is 2. The maximum Gasteiger partial charge on any atom is 0.407 e. The molecule has 3 N–H and O–H groups in total. The van der Waals surface area contributed by atoms with E-state index in [2.05, 4.69) is 37.8 Å². The van der Waals surface area contributed by atoms with Gasteiger partial charge in [0.05, 0.1) is 18.5 Å². The predicted octanol–water partition coefficient (Wildman–Crippen LogP) is 4.50.